The van der Waals surface area contributed by atoms with Crippen molar-refractivity contribution in [2.24, 2.45) is 0 Å². The summed E-state index contributed by atoms with van der Waals surface area (Å²) in [7, 11) is 1.41. The van der Waals surface area contributed by atoms with Gasteiger partial charge in [-0.25, -0.2) is 15.1 Å². The number of hydrogen-bond acceptors (Lipinski definition) is 5. The van der Waals surface area contributed by atoms with E-state index in [1.54, 1.807) is 11.4 Å². The molecule has 0 saturated carbocycles. The summed E-state index contributed by atoms with van der Waals surface area (Å²) in [6, 6.07) is 8.50. The monoisotopic (exact) mass is 412 g/mol. The lowest BCUT2D eigenvalue weighted by molar-refractivity contribution is -0.363. The van der Waals surface area contributed by atoms with Crippen LogP contribution in [-0.4, -0.2) is 37.4 Å². The van der Waals surface area contributed by atoms with Gasteiger partial charge in [-0.1, -0.05) is 0 Å². The Bertz CT molecular complexity index is 872. The summed E-state index contributed by atoms with van der Waals surface area (Å²) < 4.78 is 52.1. The van der Waals surface area contributed by atoms with Crippen LogP contribution in [0.15, 0.2) is 42.6 Å². The SMILES string of the molecule is CCOC(=O)[C@](NC(=O)c1ccc(OC)cc1)(Nc1[nH+]cccc1C)C(F)(F)F. The molecule has 0 fully saturated rings. The van der Waals surface area contributed by atoms with Crippen molar-refractivity contribution < 1.29 is 37.2 Å². The Morgan fingerprint density at radius 1 is 1.14 bits per heavy atom. The van der Waals surface area contributed by atoms with E-state index in [0.29, 0.717) is 11.3 Å². The van der Waals surface area contributed by atoms with E-state index in [9.17, 15) is 22.8 Å². The molecule has 1 atom stereocenters. The maximum atomic E-state index is 14.1. The molecular formula is C19H21F3N3O4+. The Hall–Kier alpha value is -3.30. The molecule has 10 heteroatoms. The quantitative estimate of drug-likeness (QED) is 0.539. The minimum Gasteiger partial charge on any atom is -0.497 e. The van der Waals surface area contributed by atoms with Gasteiger partial charge >= 0.3 is 17.8 Å². The first-order chi connectivity index (χ1) is 13.6. The normalized spacial score (nSPS) is 13.2. The van der Waals surface area contributed by atoms with Crippen molar-refractivity contribution >= 4 is 17.7 Å². The van der Waals surface area contributed by atoms with Crippen LogP contribution in [0, 0.1) is 6.92 Å². The summed E-state index contributed by atoms with van der Waals surface area (Å²) in [5.41, 5.74) is -3.22. The van der Waals surface area contributed by atoms with E-state index in [2.05, 4.69) is 15.0 Å². The Kier molecular flexibility index (Phi) is 6.68. The van der Waals surface area contributed by atoms with Crippen molar-refractivity contribution in [2.75, 3.05) is 19.0 Å². The van der Waals surface area contributed by atoms with Gasteiger partial charge in [0.2, 0.25) is 0 Å². The van der Waals surface area contributed by atoms with Crippen molar-refractivity contribution in [1.82, 2.24) is 5.32 Å². The third-order valence-corrected chi connectivity index (χ3v) is 4.04. The molecule has 7 nitrogen and oxygen atoms in total. The third-order valence-electron chi connectivity index (χ3n) is 4.04. The highest BCUT2D eigenvalue weighted by Gasteiger charge is 2.68. The van der Waals surface area contributed by atoms with Crippen LogP contribution in [0.5, 0.6) is 5.75 Å². The van der Waals surface area contributed by atoms with Crippen LogP contribution in [0.25, 0.3) is 0 Å². The molecule has 0 saturated heterocycles. The smallest absolute Gasteiger partial charge is 0.464 e. The van der Waals surface area contributed by atoms with Gasteiger partial charge in [-0.05, 0) is 50.2 Å². The second kappa shape index (κ2) is 8.80. The van der Waals surface area contributed by atoms with E-state index in [-0.39, 0.29) is 18.0 Å². The molecular weight excluding hydrogens is 391 g/mol. The van der Waals surface area contributed by atoms with E-state index < -0.39 is 23.7 Å². The average molecular weight is 412 g/mol. The lowest BCUT2D eigenvalue weighted by atomic mass is 10.1. The molecule has 156 valence electrons. The molecule has 1 aromatic heterocycles. The zero-order chi connectivity index (χ0) is 21.7. The number of carbonyl (C=O) groups excluding carboxylic acids is 2. The number of halogens is 3. The number of pyridine rings is 1. The number of hydrogen-bond donors (Lipinski definition) is 2. The Morgan fingerprint density at radius 3 is 2.31 bits per heavy atom. The van der Waals surface area contributed by atoms with E-state index in [0.717, 1.165) is 0 Å². The van der Waals surface area contributed by atoms with Crippen molar-refractivity contribution in [3.05, 3.63) is 53.7 Å². The molecule has 0 bridgehead atoms. The Labute approximate surface area is 165 Å². The number of aromatic nitrogens is 1. The molecule has 0 aliphatic heterocycles. The van der Waals surface area contributed by atoms with Crippen molar-refractivity contribution in [3.8, 4) is 5.75 Å². The van der Waals surface area contributed by atoms with Gasteiger partial charge in [0, 0.05) is 11.1 Å². The fraction of sp³-hybridized carbons (Fsp3) is 0.316. The lowest BCUT2D eigenvalue weighted by Gasteiger charge is -2.31. The maximum Gasteiger partial charge on any atom is 0.464 e. The molecule has 1 aromatic carbocycles. The summed E-state index contributed by atoms with van der Waals surface area (Å²) in [5.74, 6) is -2.50. The van der Waals surface area contributed by atoms with Crippen LogP contribution in [0.1, 0.15) is 22.8 Å². The number of rotatable bonds is 7. The first kappa shape index (κ1) is 22.0. The molecule has 1 amide bonds. The molecule has 0 spiro atoms. The molecule has 2 aromatic rings. The summed E-state index contributed by atoms with van der Waals surface area (Å²) >= 11 is 0. The fourth-order valence-corrected chi connectivity index (χ4v) is 2.46. The lowest BCUT2D eigenvalue weighted by Crippen LogP contribution is -2.69. The molecule has 3 N–H and O–H groups in total. The van der Waals surface area contributed by atoms with Crippen LogP contribution in [0.4, 0.5) is 19.0 Å². The van der Waals surface area contributed by atoms with Crippen LogP contribution >= 0.6 is 0 Å². The van der Waals surface area contributed by atoms with Gasteiger partial charge in [0.15, 0.2) is 0 Å². The van der Waals surface area contributed by atoms with Gasteiger partial charge in [0.1, 0.15) is 5.75 Å². The van der Waals surface area contributed by atoms with Crippen molar-refractivity contribution in [2.45, 2.75) is 25.7 Å². The number of methoxy groups -OCH3 is 1. The number of aryl methyl sites for hydroxylation is 1. The van der Waals surface area contributed by atoms with E-state index in [4.69, 9.17) is 4.74 Å². The number of alkyl halides is 3. The van der Waals surface area contributed by atoms with Gasteiger partial charge in [-0.3, -0.25) is 10.1 Å². The van der Waals surface area contributed by atoms with Crippen molar-refractivity contribution in [1.29, 1.82) is 0 Å². The van der Waals surface area contributed by atoms with Crippen LogP contribution in [-0.2, 0) is 9.53 Å². The summed E-state index contributed by atoms with van der Waals surface area (Å²) in [6.07, 6.45) is -3.84. The molecule has 0 radical (unpaired) electrons. The standard InChI is InChI=1S/C19H20F3N3O4/c1-4-29-17(27)18(19(20,21)22,24-15-12(2)6-5-11-23-15)25-16(26)13-7-9-14(28-3)10-8-13/h5-11H,4H2,1-3H3,(H,23,24)(H,25,26)/p+1/t18-/m1/s1. The van der Waals surface area contributed by atoms with Crippen molar-refractivity contribution in [3.63, 3.8) is 0 Å². The highest BCUT2D eigenvalue weighted by molar-refractivity contribution is 5.99. The zero-order valence-corrected chi connectivity index (χ0v) is 16.0. The average Bonchev–Trinajstić information content (AvgIpc) is 2.68. The number of benzene rings is 1. The predicted molar refractivity (Wildman–Crippen MR) is 97.2 cm³/mol. The van der Waals surface area contributed by atoms with Crippen LogP contribution in [0.3, 0.4) is 0 Å². The number of carbonyl (C=O) groups is 2. The molecule has 29 heavy (non-hydrogen) atoms. The topological polar surface area (TPSA) is 90.8 Å². The number of esters is 1. The minimum atomic E-state index is -5.22. The number of H-pyrrole nitrogens is 1. The predicted octanol–water partition coefficient (Wildman–Crippen LogP) is 2.48. The third kappa shape index (κ3) is 4.76. The Balaban J connectivity index is 2.50. The number of aromatic amines is 1. The zero-order valence-electron chi connectivity index (χ0n) is 16.0. The molecule has 0 aliphatic rings. The summed E-state index contributed by atoms with van der Waals surface area (Å²) in [4.78, 5) is 27.6. The number of nitrogens with one attached hydrogen (secondary N) is 3. The highest BCUT2D eigenvalue weighted by Crippen LogP contribution is 2.33. The number of ether oxygens (including phenoxy) is 2. The molecule has 0 aliphatic carbocycles. The summed E-state index contributed by atoms with van der Waals surface area (Å²) in [6.45, 7) is 2.59. The van der Waals surface area contributed by atoms with Gasteiger partial charge < -0.3 is 9.47 Å². The van der Waals surface area contributed by atoms with Gasteiger partial charge in [-0.15, -0.1) is 0 Å². The first-order valence-electron chi connectivity index (χ1n) is 8.60. The Morgan fingerprint density at radius 2 is 1.79 bits per heavy atom. The van der Waals surface area contributed by atoms with E-state index >= 15 is 0 Å². The van der Waals surface area contributed by atoms with Gasteiger partial charge in [0.25, 0.3) is 11.7 Å². The minimum absolute atomic E-state index is 0.0979. The maximum absolute atomic E-state index is 14.1. The summed E-state index contributed by atoms with van der Waals surface area (Å²) in [5, 5.41) is 3.87. The van der Waals surface area contributed by atoms with Gasteiger partial charge in [-0.2, -0.15) is 13.2 Å². The van der Waals surface area contributed by atoms with E-state index in [1.165, 1.54) is 57.5 Å². The molecule has 2 rings (SSSR count). The largest absolute Gasteiger partial charge is 0.497 e. The second-order valence-electron chi connectivity index (χ2n) is 6.00. The second-order valence-corrected chi connectivity index (χ2v) is 6.00. The molecule has 0 unspecified atom stereocenters. The highest BCUT2D eigenvalue weighted by atomic mass is 19.4. The number of amides is 1. The van der Waals surface area contributed by atoms with Crippen LogP contribution < -0.4 is 20.4 Å². The van der Waals surface area contributed by atoms with Crippen LogP contribution in [0.2, 0.25) is 0 Å². The van der Waals surface area contributed by atoms with E-state index in [1.807, 2.05) is 0 Å². The first-order valence-corrected chi connectivity index (χ1v) is 8.60. The fourth-order valence-electron chi connectivity index (χ4n) is 2.46. The molecule has 1 heterocycles. The van der Waals surface area contributed by atoms with Gasteiger partial charge in [0.05, 0.1) is 19.9 Å². The number of anilines is 1.